The molecule has 3 aromatic heterocycles. The summed E-state index contributed by atoms with van der Waals surface area (Å²) in [5.74, 6) is -0.407. The Bertz CT molecular complexity index is 3220. The number of nitrogens with zero attached hydrogens (tertiary/aromatic N) is 10. The second kappa shape index (κ2) is 45.8. The minimum absolute atomic E-state index is 0.166. The van der Waals surface area contributed by atoms with E-state index in [1.54, 1.807) is 12.5 Å². The summed E-state index contributed by atoms with van der Waals surface area (Å²) in [4.78, 5) is 15.7. The topological polar surface area (TPSA) is 417 Å². The molecule has 31 nitrogen and oxygen atoms in total. The van der Waals surface area contributed by atoms with Crippen LogP contribution in [0.1, 0.15) is 65.2 Å². The molecule has 0 amide bonds. The Labute approximate surface area is 555 Å². The summed E-state index contributed by atoms with van der Waals surface area (Å²) in [6.07, 6.45) is 32.3. The molecule has 1 fully saturated rings. The maximum Gasteiger partial charge on any atom is 0.522 e. The Hall–Kier alpha value is -5.73. The summed E-state index contributed by atoms with van der Waals surface area (Å²) < 4.78 is 293. The molecule has 5 N–H and O–H groups in total. The summed E-state index contributed by atoms with van der Waals surface area (Å²) in [5, 5.41) is 0. The van der Waals surface area contributed by atoms with Crippen LogP contribution in [0.5, 0.6) is 0 Å². The molecule has 4 aliphatic heterocycles. The van der Waals surface area contributed by atoms with Gasteiger partial charge in [0, 0.05) is 140 Å². The summed E-state index contributed by atoms with van der Waals surface area (Å²) in [6.45, 7) is 11.4. The van der Waals surface area contributed by atoms with Crippen LogP contribution in [0.15, 0.2) is 117 Å². The molecule has 0 radical (unpaired) electrons. The third kappa shape index (κ3) is 56.3. The van der Waals surface area contributed by atoms with Crippen LogP contribution in [-0.2, 0) is 95.1 Å². The largest absolute Gasteiger partial charge is 0.748 e. The fourth-order valence-electron chi connectivity index (χ4n) is 6.20. The highest BCUT2D eigenvalue weighted by molar-refractivity contribution is 7.87. The molecule has 0 atom stereocenters. The second-order valence-corrected chi connectivity index (χ2v) is 30.4. The average Bonchev–Trinajstić information content (AvgIpc) is 1.52. The van der Waals surface area contributed by atoms with Crippen LogP contribution in [0.3, 0.4) is 0 Å². The van der Waals surface area contributed by atoms with Crippen LogP contribution < -0.4 is 9.13 Å². The van der Waals surface area contributed by atoms with Crippen LogP contribution in [0.4, 0.5) is 39.5 Å². The van der Waals surface area contributed by atoms with E-state index in [2.05, 4.69) is 81.2 Å². The van der Waals surface area contributed by atoms with E-state index in [0.29, 0.717) is 51.9 Å². The molecule has 0 saturated carbocycles. The van der Waals surface area contributed by atoms with Crippen molar-refractivity contribution in [1.29, 1.82) is 0 Å². The lowest BCUT2D eigenvalue weighted by atomic mass is 10.3. The minimum Gasteiger partial charge on any atom is -0.748 e. The Kier molecular flexibility index (Phi) is 45.0. The van der Waals surface area contributed by atoms with Gasteiger partial charge in [-0.3, -0.25) is 26.9 Å². The van der Waals surface area contributed by atoms with Gasteiger partial charge in [-0.2, -0.15) is 90.0 Å². The predicted octanol–water partition coefficient (Wildman–Crippen LogP) is 4.37. The van der Waals surface area contributed by atoms with Crippen molar-refractivity contribution >= 4 is 70.8 Å². The van der Waals surface area contributed by atoms with Crippen molar-refractivity contribution in [2.45, 2.75) is 94.8 Å². The van der Waals surface area contributed by atoms with E-state index < -0.39 is 87.4 Å². The lowest BCUT2D eigenvalue weighted by molar-refractivity contribution is -0.697. The molecular formula is C49H84F9N10O21S7+. The Morgan fingerprint density at radius 1 is 0.500 bits per heavy atom. The molecular weight excluding hydrogens is 1460 g/mol. The van der Waals surface area contributed by atoms with Crippen molar-refractivity contribution in [2.24, 2.45) is 7.05 Å². The first kappa shape index (κ1) is 94.5. The Morgan fingerprint density at radius 2 is 0.802 bits per heavy atom. The van der Waals surface area contributed by atoms with Crippen molar-refractivity contribution in [1.82, 2.24) is 39.0 Å². The smallest absolute Gasteiger partial charge is 0.522 e. The molecule has 96 heavy (non-hydrogen) atoms. The van der Waals surface area contributed by atoms with E-state index in [9.17, 15) is 77.7 Å². The summed E-state index contributed by atoms with van der Waals surface area (Å²) >= 11 is 0. The number of rotatable bonds is 18. The second-order valence-electron chi connectivity index (χ2n) is 19.8. The van der Waals surface area contributed by atoms with Gasteiger partial charge in [0.05, 0.1) is 60.3 Å². The SMILES string of the molecule is CCCC[n+]1ccccc1.CCCC[n+]1ccccc1.CN1C=CN(CCCS(=O)(=O)O)C1.CN1C=CN(CCCS(=O)(=O)O)C1.CN1C=CN(CCCS(=O)(=O)[O-])C1.Cn1ccnc1.O=S(=O)(O)C(F)(F)F.O=S(=O)(O)C(F)(F)F.O=S(=O)(O)C(F)(F)F.O=S1(=O)CCCO1. The highest BCUT2D eigenvalue weighted by atomic mass is 32.2. The van der Waals surface area contributed by atoms with E-state index in [-0.39, 0.29) is 23.0 Å². The van der Waals surface area contributed by atoms with Gasteiger partial charge in [0.25, 0.3) is 30.4 Å². The van der Waals surface area contributed by atoms with Gasteiger partial charge in [-0.05, 0) is 25.7 Å². The van der Waals surface area contributed by atoms with Gasteiger partial charge in [-0.25, -0.2) is 22.5 Å². The highest BCUT2D eigenvalue weighted by Gasteiger charge is 2.45. The van der Waals surface area contributed by atoms with Gasteiger partial charge in [-0.1, -0.05) is 38.8 Å². The van der Waals surface area contributed by atoms with Crippen molar-refractivity contribution in [2.75, 3.05) is 90.4 Å². The third-order valence-electron chi connectivity index (χ3n) is 10.8. The molecule has 7 rings (SSSR count). The van der Waals surface area contributed by atoms with Crippen LogP contribution in [0, 0.1) is 0 Å². The molecule has 1 saturated heterocycles. The number of unbranched alkanes of at least 4 members (excludes halogenated alkanes) is 2. The summed E-state index contributed by atoms with van der Waals surface area (Å²) in [5.41, 5.74) is -16.6. The first-order chi connectivity index (χ1) is 43.6. The van der Waals surface area contributed by atoms with E-state index in [1.807, 2.05) is 118 Å². The van der Waals surface area contributed by atoms with Gasteiger partial charge in [-0.15, -0.1) is 0 Å². The lowest BCUT2D eigenvalue weighted by Crippen LogP contribution is -2.31. The molecule has 560 valence electrons. The van der Waals surface area contributed by atoms with E-state index in [1.165, 1.54) is 25.7 Å². The van der Waals surface area contributed by atoms with Crippen LogP contribution >= 0.6 is 0 Å². The van der Waals surface area contributed by atoms with E-state index in [4.69, 9.17) is 48.0 Å². The van der Waals surface area contributed by atoms with Gasteiger partial charge < -0.3 is 38.5 Å². The molecule has 7 heterocycles. The predicted molar refractivity (Wildman–Crippen MR) is 330 cm³/mol. The fourth-order valence-corrected chi connectivity index (χ4v) is 8.63. The normalized spacial score (nSPS) is 15.1. The fraction of sp³-hybridized carbons (Fsp3) is 0.612. The summed E-state index contributed by atoms with van der Waals surface area (Å²) in [7, 11) is -24.4. The molecule has 0 unspecified atom stereocenters. The summed E-state index contributed by atoms with van der Waals surface area (Å²) in [6, 6.07) is 12.3. The van der Waals surface area contributed by atoms with Gasteiger partial charge in [0.15, 0.2) is 24.8 Å². The molecule has 0 spiro atoms. The first-order valence-corrected chi connectivity index (χ1v) is 38.3. The highest BCUT2D eigenvalue weighted by Crippen LogP contribution is 2.22. The minimum atomic E-state index is -5.84. The van der Waals surface area contributed by atoms with Crippen LogP contribution in [-0.4, -0.2) is 232 Å². The van der Waals surface area contributed by atoms with Crippen molar-refractivity contribution in [3.63, 3.8) is 0 Å². The number of imidazole rings is 1. The van der Waals surface area contributed by atoms with Gasteiger partial charge in [0.1, 0.15) is 13.1 Å². The number of hydrogen-bond acceptors (Lipinski definition) is 23. The number of hydrogen-bond donors (Lipinski definition) is 5. The maximum atomic E-state index is 10.7. The number of aryl methyl sites for hydroxylation is 3. The average molecular weight is 1540 g/mol. The number of pyridine rings is 2. The van der Waals surface area contributed by atoms with E-state index >= 15 is 0 Å². The molecule has 3 aromatic rings. The molecule has 0 aliphatic carbocycles. The lowest BCUT2D eigenvalue weighted by Gasteiger charge is -2.18. The number of alkyl halides is 9. The van der Waals surface area contributed by atoms with Crippen LogP contribution in [0.2, 0.25) is 0 Å². The van der Waals surface area contributed by atoms with Crippen molar-refractivity contribution in [3.8, 4) is 0 Å². The Morgan fingerprint density at radius 3 is 0.969 bits per heavy atom. The number of halogens is 9. The monoisotopic (exact) mass is 1540 g/mol. The standard InChI is InChI=1S/2C9H14N.3C7H14N2O3S.C4H6N2.C3H6O3S.3CHF3O3S/c2*1-2-3-7-10-8-5-4-6-9-10;3*1-8-4-5-9(7-8)3-2-6-13(10,11)12;1-6-3-2-5-4-6;4-7(5)3-1-2-6-7;3*2-1(3,4)8(5,6)7/h2*4-6,8-9H,2-3,7H2,1H3;3*4-5H,2-3,6-7H2,1H3,(H,10,11,12);2-4H,1H3;1-3H2;3*(H,5,6,7)/q2*+1;;;;;;;;/p-1. The zero-order valence-electron chi connectivity index (χ0n) is 52.8. The number of aromatic nitrogens is 4. The zero-order chi connectivity index (χ0) is 74.9. The molecule has 4 aliphatic rings. The van der Waals surface area contributed by atoms with Crippen molar-refractivity contribution in [3.05, 3.63) is 117 Å². The van der Waals surface area contributed by atoms with Gasteiger partial charge >= 0.3 is 46.9 Å². The Balaban J connectivity index is -0.00000101. The third-order valence-corrected chi connectivity index (χ3v) is 16.2. The quantitative estimate of drug-likeness (QED) is 0.0388. The first-order valence-electron chi connectivity index (χ1n) is 27.6. The van der Waals surface area contributed by atoms with Crippen LogP contribution in [0.25, 0.3) is 0 Å². The zero-order valence-corrected chi connectivity index (χ0v) is 58.5. The molecule has 0 bridgehead atoms. The van der Waals surface area contributed by atoms with E-state index in [0.717, 1.165) is 33.1 Å². The molecule has 0 aromatic carbocycles. The molecule has 47 heteroatoms. The van der Waals surface area contributed by atoms with Crippen molar-refractivity contribution < 1.29 is 139 Å². The maximum absolute atomic E-state index is 10.7. The van der Waals surface area contributed by atoms with Gasteiger partial charge in [0.2, 0.25) is 0 Å².